The van der Waals surface area contributed by atoms with Gasteiger partial charge in [0.25, 0.3) is 10.0 Å². The summed E-state index contributed by atoms with van der Waals surface area (Å²) in [5.41, 5.74) is 0.333. The van der Waals surface area contributed by atoms with Crippen molar-refractivity contribution in [2.24, 2.45) is 0 Å². The maximum absolute atomic E-state index is 13.6. The van der Waals surface area contributed by atoms with Gasteiger partial charge in [-0.3, -0.25) is 13.9 Å². The first-order valence-corrected chi connectivity index (χ1v) is 14.2. The van der Waals surface area contributed by atoms with E-state index in [1.54, 1.807) is 17.0 Å². The van der Waals surface area contributed by atoms with Gasteiger partial charge in [-0.25, -0.2) is 13.2 Å². The maximum atomic E-state index is 13.6. The third kappa shape index (κ3) is 6.26. The molecule has 0 aromatic heterocycles. The molecule has 0 unspecified atom stereocenters. The lowest BCUT2D eigenvalue weighted by Crippen LogP contribution is -2.54. The average molecular weight is 533 g/mol. The summed E-state index contributed by atoms with van der Waals surface area (Å²) in [6, 6.07) is 5.20. The number of hydrogen-bond acceptors (Lipinski definition) is 6. The minimum atomic E-state index is -4.04. The van der Waals surface area contributed by atoms with Crippen LogP contribution in [0.5, 0.6) is 0 Å². The van der Waals surface area contributed by atoms with Gasteiger partial charge in [0, 0.05) is 37.6 Å². The molecular formula is C26H36N4O6S. The monoisotopic (exact) mass is 532 g/mol. The quantitative estimate of drug-likeness (QED) is 0.602. The Morgan fingerprint density at radius 2 is 1.65 bits per heavy atom. The second-order valence-corrected chi connectivity index (χ2v) is 12.8. The zero-order valence-corrected chi connectivity index (χ0v) is 22.7. The molecule has 37 heavy (non-hydrogen) atoms. The predicted octanol–water partition coefficient (Wildman–Crippen LogP) is 2.74. The first-order chi connectivity index (χ1) is 17.4. The number of hydrogen-bond donors (Lipinski definition) is 1. The molecular weight excluding hydrogens is 496 g/mol. The predicted molar refractivity (Wildman–Crippen MR) is 137 cm³/mol. The van der Waals surface area contributed by atoms with Crippen molar-refractivity contribution in [3.05, 3.63) is 42.2 Å². The summed E-state index contributed by atoms with van der Waals surface area (Å²) in [7, 11) is -4.04. The molecule has 2 fully saturated rings. The molecule has 0 radical (unpaired) electrons. The summed E-state index contributed by atoms with van der Waals surface area (Å²) in [5.74, 6) is -0.792. The molecule has 1 N–H and O–H groups in total. The third-order valence-corrected chi connectivity index (χ3v) is 8.56. The van der Waals surface area contributed by atoms with Crippen LogP contribution >= 0.6 is 0 Å². The molecule has 3 amide bonds. The Balaban J connectivity index is 1.47. The highest BCUT2D eigenvalue weighted by Gasteiger charge is 2.43. The van der Waals surface area contributed by atoms with Crippen LogP contribution < -0.4 is 5.32 Å². The molecule has 11 heteroatoms. The van der Waals surface area contributed by atoms with Crippen LogP contribution in [0, 0.1) is 6.92 Å². The van der Waals surface area contributed by atoms with E-state index in [0.29, 0.717) is 25.9 Å². The van der Waals surface area contributed by atoms with Gasteiger partial charge in [0.2, 0.25) is 11.8 Å². The normalized spacial score (nSPS) is 21.0. The van der Waals surface area contributed by atoms with Crippen LogP contribution in [0.1, 0.15) is 58.4 Å². The van der Waals surface area contributed by atoms with E-state index >= 15 is 0 Å². The fourth-order valence-corrected chi connectivity index (χ4v) is 6.20. The van der Waals surface area contributed by atoms with Gasteiger partial charge in [0.05, 0.1) is 11.3 Å². The van der Waals surface area contributed by atoms with E-state index in [1.807, 2.05) is 32.6 Å². The van der Waals surface area contributed by atoms with Gasteiger partial charge in [-0.05, 0) is 65.5 Å². The molecule has 2 heterocycles. The van der Waals surface area contributed by atoms with Crippen LogP contribution in [0.3, 0.4) is 0 Å². The Bertz CT molecular complexity index is 1160. The number of sulfonamides is 1. The second-order valence-electron chi connectivity index (χ2n) is 10.9. The molecule has 4 rings (SSSR count). The fraction of sp³-hybridized carbons (Fsp3) is 0.577. The van der Waals surface area contributed by atoms with Crippen LogP contribution in [0.15, 0.2) is 41.6 Å². The van der Waals surface area contributed by atoms with Gasteiger partial charge in [-0.2, -0.15) is 0 Å². The number of amides is 3. The van der Waals surface area contributed by atoms with Gasteiger partial charge < -0.3 is 19.9 Å². The van der Waals surface area contributed by atoms with Crippen LogP contribution in [-0.4, -0.2) is 77.2 Å². The minimum absolute atomic E-state index is 0.0588. The molecule has 1 saturated heterocycles. The Kier molecular flexibility index (Phi) is 7.55. The largest absolute Gasteiger partial charge is 0.444 e. The molecule has 3 aliphatic rings. The number of carbonyl (C=O) groups excluding carboxylic acids is 3. The van der Waals surface area contributed by atoms with Gasteiger partial charge >= 0.3 is 6.09 Å². The highest BCUT2D eigenvalue weighted by molar-refractivity contribution is 7.89. The van der Waals surface area contributed by atoms with E-state index < -0.39 is 27.6 Å². The summed E-state index contributed by atoms with van der Waals surface area (Å²) in [5, 5.41) is 2.55. The topological polar surface area (TPSA) is 116 Å². The number of rotatable bonds is 6. The van der Waals surface area contributed by atoms with Crippen molar-refractivity contribution in [3.8, 4) is 0 Å². The van der Waals surface area contributed by atoms with E-state index in [1.165, 1.54) is 24.5 Å². The average Bonchev–Trinajstić information content (AvgIpc) is 3.65. The van der Waals surface area contributed by atoms with Crippen molar-refractivity contribution >= 4 is 27.9 Å². The van der Waals surface area contributed by atoms with Crippen LogP contribution in [0.4, 0.5) is 4.79 Å². The van der Waals surface area contributed by atoms with Gasteiger partial charge in [0.15, 0.2) is 0 Å². The smallest absolute Gasteiger partial charge is 0.410 e. The van der Waals surface area contributed by atoms with Gasteiger partial charge in [-0.15, -0.1) is 0 Å². The number of piperidine rings is 1. The lowest BCUT2D eigenvalue weighted by Gasteiger charge is -2.40. The molecule has 1 atom stereocenters. The molecule has 1 aromatic rings. The standard InChI is InChI=1S/C26H36N4O6S/c1-18-5-9-21(10-6-18)37(34,35)29-16-13-27-24(32)22(29)17-23(31)30(19-7-8-19)20-11-14-28(15-12-20)25(33)36-26(2,3)4/h5-6,9-10,13,16,19-20,22H,7-8,11-12,14-15,17H2,1-4H3,(H,27,32)/t22-/m1/s1. The van der Waals surface area contributed by atoms with E-state index in [0.717, 1.165) is 22.7 Å². The fourth-order valence-electron chi connectivity index (χ4n) is 4.75. The van der Waals surface area contributed by atoms with Crippen molar-refractivity contribution in [1.29, 1.82) is 0 Å². The minimum Gasteiger partial charge on any atom is -0.444 e. The zero-order valence-electron chi connectivity index (χ0n) is 21.8. The van der Waals surface area contributed by atoms with Crippen molar-refractivity contribution in [1.82, 2.24) is 19.4 Å². The summed E-state index contributed by atoms with van der Waals surface area (Å²) in [6.45, 7) is 8.27. The van der Waals surface area contributed by atoms with Crippen LogP contribution in [0.2, 0.25) is 0 Å². The Morgan fingerprint density at radius 3 is 2.22 bits per heavy atom. The van der Waals surface area contributed by atoms with E-state index in [2.05, 4.69) is 5.32 Å². The number of likely N-dealkylation sites (tertiary alicyclic amines) is 1. The van der Waals surface area contributed by atoms with Gasteiger partial charge in [-0.1, -0.05) is 17.7 Å². The molecule has 0 bridgehead atoms. The lowest BCUT2D eigenvalue weighted by molar-refractivity contribution is -0.139. The number of ether oxygens (including phenoxy) is 1. The number of nitrogens with one attached hydrogen (secondary N) is 1. The SMILES string of the molecule is Cc1ccc(S(=O)(=O)N2C=CNC(=O)[C@H]2CC(=O)N(C2CC2)C2CCN(C(=O)OC(C)(C)C)CC2)cc1. The van der Waals surface area contributed by atoms with Crippen molar-refractivity contribution in [2.45, 2.75) is 88.4 Å². The summed E-state index contributed by atoms with van der Waals surface area (Å²) in [4.78, 5) is 42.4. The highest BCUT2D eigenvalue weighted by Crippen LogP contribution is 2.34. The van der Waals surface area contributed by atoms with Crippen LogP contribution in [0.25, 0.3) is 0 Å². The van der Waals surface area contributed by atoms with E-state index in [-0.39, 0.29) is 35.4 Å². The summed E-state index contributed by atoms with van der Waals surface area (Å²) in [6.07, 6.45) is 4.91. The summed E-state index contributed by atoms with van der Waals surface area (Å²) >= 11 is 0. The number of benzene rings is 1. The molecule has 2 aliphatic heterocycles. The second kappa shape index (κ2) is 10.4. The van der Waals surface area contributed by atoms with Crippen molar-refractivity contribution in [3.63, 3.8) is 0 Å². The summed E-state index contributed by atoms with van der Waals surface area (Å²) < 4.78 is 33.2. The van der Waals surface area contributed by atoms with Crippen molar-refractivity contribution in [2.75, 3.05) is 13.1 Å². The Morgan fingerprint density at radius 1 is 1.05 bits per heavy atom. The molecule has 1 saturated carbocycles. The zero-order chi connectivity index (χ0) is 27.0. The third-order valence-electron chi connectivity index (χ3n) is 6.76. The van der Waals surface area contributed by atoms with Gasteiger partial charge in [0.1, 0.15) is 11.6 Å². The lowest BCUT2D eigenvalue weighted by atomic mass is 10.0. The molecule has 1 aromatic carbocycles. The van der Waals surface area contributed by atoms with Crippen LogP contribution in [-0.2, 0) is 24.3 Å². The van der Waals surface area contributed by atoms with E-state index in [4.69, 9.17) is 4.74 Å². The van der Waals surface area contributed by atoms with Crippen molar-refractivity contribution < 1.29 is 27.5 Å². The molecule has 1 aliphatic carbocycles. The molecule has 202 valence electrons. The number of carbonyl (C=O) groups is 3. The first kappa shape index (κ1) is 27.0. The maximum Gasteiger partial charge on any atom is 0.410 e. The van der Waals surface area contributed by atoms with E-state index in [9.17, 15) is 22.8 Å². The number of aryl methyl sites for hydroxylation is 1. The highest BCUT2D eigenvalue weighted by atomic mass is 32.2. The Labute approximate surface area is 218 Å². The Hall–Kier alpha value is -3.08. The molecule has 10 nitrogen and oxygen atoms in total. The number of nitrogens with zero attached hydrogens (tertiary/aromatic N) is 3. The first-order valence-electron chi connectivity index (χ1n) is 12.7. The molecule has 0 spiro atoms.